The van der Waals surface area contributed by atoms with Crippen molar-refractivity contribution < 1.29 is 13.2 Å². The van der Waals surface area contributed by atoms with Gasteiger partial charge >= 0.3 is 0 Å². The third kappa shape index (κ3) is 5.47. The Hall–Kier alpha value is -2.19. The summed E-state index contributed by atoms with van der Waals surface area (Å²) in [6.45, 7) is 3.69. The van der Waals surface area contributed by atoms with E-state index in [1.807, 2.05) is 12.3 Å². The molecule has 0 saturated carbocycles. The number of nitrogens with one attached hydrogen (secondary N) is 2. The Labute approximate surface area is 145 Å². The van der Waals surface area contributed by atoms with E-state index in [2.05, 4.69) is 15.0 Å². The van der Waals surface area contributed by atoms with Gasteiger partial charge in [0, 0.05) is 11.5 Å². The summed E-state index contributed by atoms with van der Waals surface area (Å²) in [5.41, 5.74) is 1.88. The molecule has 0 aliphatic heterocycles. The zero-order valence-corrected chi connectivity index (χ0v) is 15.2. The molecule has 0 fully saturated rings. The molecule has 0 unspecified atom stereocenters. The van der Waals surface area contributed by atoms with Crippen molar-refractivity contribution in [2.24, 2.45) is 0 Å². The summed E-state index contributed by atoms with van der Waals surface area (Å²) in [5, 5.41) is 5.62. The van der Waals surface area contributed by atoms with E-state index >= 15 is 0 Å². The molecule has 2 rings (SSSR count). The lowest BCUT2D eigenvalue weighted by molar-refractivity contribution is -0.117. The second-order valence-corrected chi connectivity index (χ2v) is 8.13. The molecule has 1 amide bonds. The summed E-state index contributed by atoms with van der Waals surface area (Å²) in [4.78, 5) is 16.3. The quantitative estimate of drug-likeness (QED) is 0.771. The van der Waals surface area contributed by atoms with Crippen molar-refractivity contribution in [3.05, 3.63) is 52.0 Å². The first-order valence-corrected chi connectivity index (χ1v) is 9.99. The van der Waals surface area contributed by atoms with Crippen LogP contribution in [0.4, 0.5) is 5.69 Å². The molecule has 0 bridgehead atoms. The van der Waals surface area contributed by atoms with Crippen molar-refractivity contribution in [1.82, 2.24) is 10.3 Å². The Balaban J connectivity index is 2.08. The van der Waals surface area contributed by atoms with Crippen LogP contribution < -0.4 is 10.0 Å². The Bertz CT molecular complexity index is 857. The molecule has 0 aliphatic rings. The van der Waals surface area contributed by atoms with E-state index in [0.717, 1.165) is 17.0 Å². The second kappa shape index (κ2) is 7.59. The Morgan fingerprint density at radius 2 is 2.04 bits per heavy atom. The average Bonchev–Trinajstić information content (AvgIpc) is 2.89. The maximum Gasteiger partial charge on any atom is 0.244 e. The fraction of sp³-hybridized carbons (Fsp3) is 0.250. The molecular weight excluding hydrogens is 346 g/mol. The summed E-state index contributed by atoms with van der Waals surface area (Å²) < 4.78 is 25.3. The minimum Gasteiger partial charge on any atom is -0.346 e. The van der Waals surface area contributed by atoms with E-state index in [4.69, 9.17) is 0 Å². The largest absolute Gasteiger partial charge is 0.346 e. The SMILES string of the molecule is Cc1nc(/C=C\C(=O)N[C@@H](C)c2ccccc2NS(C)(=O)=O)cs1. The van der Waals surface area contributed by atoms with E-state index in [-0.39, 0.29) is 11.9 Å². The van der Waals surface area contributed by atoms with Crippen molar-refractivity contribution in [2.45, 2.75) is 19.9 Å². The van der Waals surface area contributed by atoms with E-state index in [9.17, 15) is 13.2 Å². The highest BCUT2D eigenvalue weighted by molar-refractivity contribution is 7.92. The number of aryl methyl sites for hydroxylation is 1. The van der Waals surface area contributed by atoms with E-state index < -0.39 is 10.0 Å². The fourth-order valence-electron chi connectivity index (χ4n) is 2.12. The van der Waals surface area contributed by atoms with Crippen molar-refractivity contribution in [2.75, 3.05) is 11.0 Å². The molecule has 8 heteroatoms. The molecule has 1 atom stereocenters. The molecule has 2 N–H and O–H groups in total. The zero-order valence-electron chi connectivity index (χ0n) is 13.6. The minimum absolute atomic E-state index is 0.276. The van der Waals surface area contributed by atoms with Crippen LogP contribution in [-0.4, -0.2) is 25.6 Å². The highest BCUT2D eigenvalue weighted by Crippen LogP contribution is 2.23. The van der Waals surface area contributed by atoms with E-state index in [1.54, 1.807) is 37.3 Å². The first kappa shape index (κ1) is 18.2. The molecular formula is C16H19N3O3S2. The van der Waals surface area contributed by atoms with Crippen molar-refractivity contribution in [3.63, 3.8) is 0 Å². The molecule has 1 heterocycles. The topological polar surface area (TPSA) is 88.2 Å². The molecule has 2 aromatic rings. The van der Waals surface area contributed by atoms with Crippen LogP contribution in [0.3, 0.4) is 0 Å². The molecule has 6 nitrogen and oxygen atoms in total. The lowest BCUT2D eigenvalue weighted by Crippen LogP contribution is -2.25. The number of sulfonamides is 1. The van der Waals surface area contributed by atoms with Crippen molar-refractivity contribution >= 4 is 39.0 Å². The van der Waals surface area contributed by atoms with Gasteiger partial charge in [0.1, 0.15) is 0 Å². The van der Waals surface area contributed by atoms with Gasteiger partial charge in [-0.15, -0.1) is 11.3 Å². The Morgan fingerprint density at radius 1 is 1.33 bits per heavy atom. The van der Waals surface area contributed by atoms with Crippen LogP contribution in [0.15, 0.2) is 35.7 Å². The highest BCUT2D eigenvalue weighted by atomic mass is 32.2. The molecule has 128 valence electrons. The highest BCUT2D eigenvalue weighted by Gasteiger charge is 2.14. The second-order valence-electron chi connectivity index (χ2n) is 5.32. The van der Waals surface area contributed by atoms with Gasteiger partial charge in [0.05, 0.1) is 28.7 Å². The number of thiazole rings is 1. The summed E-state index contributed by atoms with van der Waals surface area (Å²) in [6, 6.07) is 6.60. The maximum absolute atomic E-state index is 12.0. The molecule has 0 saturated heterocycles. The number of amides is 1. The summed E-state index contributed by atoms with van der Waals surface area (Å²) in [5.74, 6) is -0.276. The van der Waals surface area contributed by atoms with Gasteiger partial charge in [0.25, 0.3) is 0 Å². The monoisotopic (exact) mass is 365 g/mol. The van der Waals surface area contributed by atoms with Crippen molar-refractivity contribution in [3.8, 4) is 0 Å². The fourth-order valence-corrected chi connectivity index (χ4v) is 3.29. The van der Waals surface area contributed by atoms with E-state index in [1.165, 1.54) is 17.4 Å². The number of hydrogen-bond donors (Lipinski definition) is 2. The van der Waals surface area contributed by atoms with Gasteiger partial charge < -0.3 is 5.32 Å². The number of hydrogen-bond acceptors (Lipinski definition) is 5. The number of anilines is 1. The van der Waals surface area contributed by atoms with Gasteiger partial charge in [-0.1, -0.05) is 18.2 Å². The molecule has 1 aromatic carbocycles. The first-order valence-electron chi connectivity index (χ1n) is 7.22. The van der Waals surface area contributed by atoms with Gasteiger partial charge in [-0.3, -0.25) is 9.52 Å². The summed E-state index contributed by atoms with van der Waals surface area (Å²) in [6.07, 6.45) is 4.15. The number of aromatic nitrogens is 1. The standard InChI is InChI=1S/C16H19N3O3S2/c1-11(14-6-4-5-7-15(14)19-24(3,21)22)17-16(20)9-8-13-10-23-12(2)18-13/h4-11,19H,1-3H3,(H,17,20)/b9-8-/t11-/m0/s1. The van der Waals surface area contributed by atoms with E-state index in [0.29, 0.717) is 11.3 Å². The molecule has 0 spiro atoms. The molecule has 0 aliphatic carbocycles. The zero-order chi connectivity index (χ0) is 17.7. The van der Waals surface area contributed by atoms with Gasteiger partial charge in [-0.05, 0) is 31.6 Å². The number of para-hydroxylation sites is 1. The molecule has 1 aromatic heterocycles. The number of rotatable bonds is 6. The predicted octanol–water partition coefficient (Wildman–Crippen LogP) is 2.71. The molecule has 0 radical (unpaired) electrons. The van der Waals surface area contributed by atoms with Gasteiger partial charge in [-0.25, -0.2) is 13.4 Å². The van der Waals surface area contributed by atoms with Crippen LogP contribution >= 0.6 is 11.3 Å². The lowest BCUT2D eigenvalue weighted by atomic mass is 10.1. The number of carbonyl (C=O) groups excluding carboxylic acids is 1. The number of nitrogens with zero attached hydrogens (tertiary/aromatic N) is 1. The summed E-state index contributed by atoms with van der Waals surface area (Å²) >= 11 is 1.51. The number of carbonyl (C=O) groups is 1. The third-order valence-electron chi connectivity index (χ3n) is 3.12. The van der Waals surface area contributed by atoms with Crippen LogP contribution in [0.5, 0.6) is 0 Å². The number of benzene rings is 1. The van der Waals surface area contributed by atoms with Crippen molar-refractivity contribution in [1.29, 1.82) is 0 Å². The van der Waals surface area contributed by atoms with Crippen LogP contribution in [0.2, 0.25) is 0 Å². The molecule has 24 heavy (non-hydrogen) atoms. The Morgan fingerprint density at radius 3 is 2.67 bits per heavy atom. The van der Waals surface area contributed by atoms with Crippen LogP contribution in [-0.2, 0) is 14.8 Å². The van der Waals surface area contributed by atoms with Gasteiger partial charge in [0.15, 0.2) is 0 Å². The minimum atomic E-state index is -3.39. The predicted molar refractivity (Wildman–Crippen MR) is 97.4 cm³/mol. The van der Waals surface area contributed by atoms with Gasteiger partial charge in [-0.2, -0.15) is 0 Å². The Kier molecular flexibility index (Phi) is 5.74. The van der Waals surface area contributed by atoms with Crippen LogP contribution in [0.25, 0.3) is 6.08 Å². The maximum atomic E-state index is 12.0. The van der Waals surface area contributed by atoms with Crippen LogP contribution in [0.1, 0.15) is 29.2 Å². The summed E-state index contributed by atoms with van der Waals surface area (Å²) in [7, 11) is -3.39. The first-order chi connectivity index (χ1) is 11.2. The third-order valence-corrected chi connectivity index (χ3v) is 4.51. The average molecular weight is 365 g/mol. The van der Waals surface area contributed by atoms with Crippen LogP contribution in [0, 0.1) is 6.92 Å². The normalized spacial score (nSPS) is 13.0. The van der Waals surface area contributed by atoms with Gasteiger partial charge in [0.2, 0.25) is 15.9 Å². The lowest BCUT2D eigenvalue weighted by Gasteiger charge is -2.17. The smallest absolute Gasteiger partial charge is 0.244 e.